The van der Waals surface area contributed by atoms with Gasteiger partial charge < -0.3 is 10.3 Å². The number of nitrogens with zero attached hydrogens (tertiary/aromatic N) is 1. The van der Waals surface area contributed by atoms with Crippen LogP contribution in [0.25, 0.3) is 0 Å². The monoisotopic (exact) mass is 192 g/mol. The van der Waals surface area contributed by atoms with Crippen LogP contribution in [0.3, 0.4) is 0 Å². The van der Waals surface area contributed by atoms with Crippen LogP contribution in [0.15, 0.2) is 17.1 Å². The van der Waals surface area contributed by atoms with Gasteiger partial charge in [0.1, 0.15) is 0 Å². The molecule has 2 N–H and O–H groups in total. The van der Waals surface area contributed by atoms with Gasteiger partial charge >= 0.3 is 6.18 Å². The maximum atomic E-state index is 12.1. The summed E-state index contributed by atoms with van der Waals surface area (Å²) < 4.78 is 37.4. The summed E-state index contributed by atoms with van der Waals surface area (Å²) >= 11 is 0. The van der Waals surface area contributed by atoms with Crippen LogP contribution >= 0.6 is 0 Å². The van der Waals surface area contributed by atoms with E-state index in [1.165, 1.54) is 7.05 Å². The van der Waals surface area contributed by atoms with Crippen LogP contribution in [0, 0.1) is 0 Å². The molecule has 0 atom stereocenters. The van der Waals surface area contributed by atoms with E-state index in [1.54, 1.807) is 0 Å². The predicted molar refractivity (Wildman–Crippen MR) is 41.1 cm³/mol. The van der Waals surface area contributed by atoms with E-state index in [9.17, 15) is 18.0 Å². The fourth-order valence-electron chi connectivity index (χ4n) is 0.896. The third-order valence-electron chi connectivity index (χ3n) is 1.56. The van der Waals surface area contributed by atoms with E-state index in [0.717, 1.165) is 10.8 Å². The number of hydrogen-bond donors (Lipinski definition) is 1. The van der Waals surface area contributed by atoms with Gasteiger partial charge in [-0.15, -0.1) is 0 Å². The molecule has 0 spiro atoms. The number of halogens is 3. The maximum Gasteiger partial charge on any atom is 0.418 e. The number of pyridine rings is 1. The van der Waals surface area contributed by atoms with Gasteiger partial charge in [-0.2, -0.15) is 13.2 Å². The van der Waals surface area contributed by atoms with E-state index in [-0.39, 0.29) is 0 Å². The largest absolute Gasteiger partial charge is 0.418 e. The topological polar surface area (TPSA) is 48.0 Å². The molecular formula is C7H7F3N2O. The molecule has 0 saturated carbocycles. The summed E-state index contributed by atoms with van der Waals surface area (Å²) in [5.74, 6) is 0. The molecule has 0 fully saturated rings. The first-order chi connectivity index (χ1) is 5.82. The van der Waals surface area contributed by atoms with Crippen LogP contribution in [0.5, 0.6) is 0 Å². The quantitative estimate of drug-likeness (QED) is 0.666. The second-order valence-corrected chi connectivity index (χ2v) is 2.59. The van der Waals surface area contributed by atoms with Gasteiger partial charge in [0, 0.05) is 19.3 Å². The highest BCUT2D eigenvalue weighted by molar-refractivity contribution is 5.45. The molecule has 1 rings (SSSR count). The first kappa shape index (κ1) is 9.63. The molecule has 1 heterocycles. The average molecular weight is 192 g/mol. The van der Waals surface area contributed by atoms with E-state index in [2.05, 4.69) is 0 Å². The van der Waals surface area contributed by atoms with Gasteiger partial charge in [0.05, 0.1) is 11.3 Å². The van der Waals surface area contributed by atoms with Crippen LogP contribution in [-0.2, 0) is 13.2 Å². The lowest BCUT2D eigenvalue weighted by atomic mass is 10.2. The summed E-state index contributed by atoms with van der Waals surface area (Å²) in [6.45, 7) is 0. The summed E-state index contributed by atoms with van der Waals surface area (Å²) in [5, 5.41) is 0. The number of hydrogen-bond acceptors (Lipinski definition) is 2. The first-order valence-corrected chi connectivity index (χ1v) is 3.35. The highest BCUT2D eigenvalue weighted by Gasteiger charge is 2.33. The van der Waals surface area contributed by atoms with Crippen molar-refractivity contribution < 1.29 is 13.2 Å². The smallest absolute Gasteiger partial charge is 0.397 e. The number of alkyl halides is 3. The molecule has 6 heteroatoms. The average Bonchev–Trinajstić information content (AvgIpc) is 1.94. The van der Waals surface area contributed by atoms with Crippen molar-refractivity contribution in [1.82, 2.24) is 4.57 Å². The van der Waals surface area contributed by atoms with Crippen LogP contribution < -0.4 is 11.3 Å². The van der Waals surface area contributed by atoms with Crippen molar-refractivity contribution in [3.05, 3.63) is 28.2 Å². The highest BCUT2D eigenvalue weighted by Crippen LogP contribution is 2.31. The van der Waals surface area contributed by atoms with E-state index in [1.807, 2.05) is 0 Å². The molecule has 0 aliphatic carbocycles. The molecule has 0 aliphatic rings. The fourth-order valence-corrected chi connectivity index (χ4v) is 0.896. The zero-order valence-corrected chi connectivity index (χ0v) is 6.72. The molecule has 0 aliphatic heterocycles. The van der Waals surface area contributed by atoms with Crippen LogP contribution in [0.2, 0.25) is 0 Å². The van der Waals surface area contributed by atoms with Crippen molar-refractivity contribution in [2.75, 3.05) is 5.73 Å². The third kappa shape index (κ3) is 1.82. The third-order valence-corrected chi connectivity index (χ3v) is 1.56. The van der Waals surface area contributed by atoms with Crippen molar-refractivity contribution in [1.29, 1.82) is 0 Å². The molecule has 0 unspecified atom stereocenters. The van der Waals surface area contributed by atoms with Crippen molar-refractivity contribution in [2.45, 2.75) is 6.18 Å². The number of rotatable bonds is 0. The van der Waals surface area contributed by atoms with Gasteiger partial charge in [-0.25, -0.2) is 0 Å². The van der Waals surface area contributed by atoms with Gasteiger partial charge in [0.25, 0.3) is 5.56 Å². The molecule has 0 saturated heterocycles. The number of nitrogen functional groups attached to an aromatic ring is 1. The summed E-state index contributed by atoms with van der Waals surface area (Å²) in [5.41, 5.74) is 2.83. The summed E-state index contributed by atoms with van der Waals surface area (Å²) in [4.78, 5) is 10.8. The number of nitrogens with two attached hydrogens (primary N) is 1. The number of aromatic nitrogens is 1. The Kier molecular flexibility index (Phi) is 2.07. The standard InChI is InChI=1S/C7H7F3N2O/c1-12-3-5(11)4(2-6(12)13)7(8,9)10/h2-3H,11H2,1H3. The van der Waals surface area contributed by atoms with Gasteiger partial charge in [-0.05, 0) is 0 Å². The molecule has 3 nitrogen and oxygen atoms in total. The lowest BCUT2D eigenvalue weighted by Gasteiger charge is -2.09. The Labute approximate surface area is 71.6 Å². The van der Waals surface area contributed by atoms with Crippen molar-refractivity contribution >= 4 is 5.69 Å². The maximum absolute atomic E-state index is 12.1. The molecule has 1 aromatic rings. The lowest BCUT2D eigenvalue weighted by molar-refractivity contribution is -0.137. The van der Waals surface area contributed by atoms with Crippen molar-refractivity contribution in [3.63, 3.8) is 0 Å². The molecule has 0 bridgehead atoms. The van der Waals surface area contributed by atoms with Gasteiger partial charge in [-0.3, -0.25) is 4.79 Å². The summed E-state index contributed by atoms with van der Waals surface area (Å²) in [6.07, 6.45) is -3.62. The normalized spacial score (nSPS) is 11.7. The first-order valence-electron chi connectivity index (χ1n) is 3.35. The van der Waals surface area contributed by atoms with Gasteiger partial charge in [-0.1, -0.05) is 0 Å². The minimum absolute atomic E-state index is 0.449. The molecule has 13 heavy (non-hydrogen) atoms. The second kappa shape index (κ2) is 2.79. The van der Waals surface area contributed by atoms with Crippen molar-refractivity contribution in [2.24, 2.45) is 7.05 Å². The molecule has 1 aromatic heterocycles. The Balaban J connectivity index is 3.41. The van der Waals surface area contributed by atoms with Crippen LogP contribution in [-0.4, -0.2) is 4.57 Å². The lowest BCUT2D eigenvalue weighted by Crippen LogP contribution is -2.21. The highest BCUT2D eigenvalue weighted by atomic mass is 19.4. The van der Waals surface area contributed by atoms with Crippen molar-refractivity contribution in [3.8, 4) is 0 Å². The number of anilines is 1. The zero-order chi connectivity index (χ0) is 10.2. The molecule has 0 amide bonds. The van der Waals surface area contributed by atoms with E-state index < -0.39 is 23.0 Å². The van der Waals surface area contributed by atoms with Gasteiger partial charge in [0.2, 0.25) is 0 Å². The number of aryl methyl sites for hydroxylation is 1. The van der Waals surface area contributed by atoms with Crippen LogP contribution in [0.4, 0.5) is 18.9 Å². The van der Waals surface area contributed by atoms with Crippen LogP contribution in [0.1, 0.15) is 5.56 Å². The Bertz CT molecular complexity index is 380. The molecule has 72 valence electrons. The minimum atomic E-state index is -4.57. The minimum Gasteiger partial charge on any atom is -0.397 e. The zero-order valence-electron chi connectivity index (χ0n) is 6.72. The van der Waals surface area contributed by atoms with Gasteiger partial charge in [0.15, 0.2) is 0 Å². The second-order valence-electron chi connectivity index (χ2n) is 2.59. The predicted octanol–water partition coefficient (Wildman–Crippen LogP) is 0.986. The Hall–Kier alpha value is -1.46. The molecular weight excluding hydrogens is 185 g/mol. The summed E-state index contributed by atoms with van der Waals surface area (Å²) in [6, 6.07) is 0.481. The Morgan fingerprint density at radius 1 is 1.46 bits per heavy atom. The Morgan fingerprint density at radius 3 is 2.46 bits per heavy atom. The Morgan fingerprint density at radius 2 is 2.00 bits per heavy atom. The molecule has 0 aromatic carbocycles. The van der Waals surface area contributed by atoms with E-state index in [4.69, 9.17) is 5.73 Å². The van der Waals surface area contributed by atoms with E-state index in [0.29, 0.717) is 6.07 Å². The fraction of sp³-hybridized carbons (Fsp3) is 0.286. The SMILES string of the molecule is Cn1cc(N)c(C(F)(F)F)cc1=O. The molecule has 0 radical (unpaired) electrons. The van der Waals surface area contributed by atoms with E-state index >= 15 is 0 Å². The summed E-state index contributed by atoms with van der Waals surface area (Å²) in [7, 11) is 1.33.